The van der Waals surface area contributed by atoms with Crippen molar-refractivity contribution >= 4 is 21.4 Å². The van der Waals surface area contributed by atoms with Gasteiger partial charge in [0.2, 0.25) is 10.0 Å². The second-order valence-electron chi connectivity index (χ2n) is 3.30. The van der Waals surface area contributed by atoms with Crippen LogP contribution in [0, 0.1) is 0 Å². The average molecular weight is 254 g/mol. The van der Waals surface area contributed by atoms with E-state index in [1.165, 1.54) is 11.3 Å². The van der Waals surface area contributed by atoms with Crippen molar-refractivity contribution in [1.29, 1.82) is 0 Å². The molecule has 2 N–H and O–H groups in total. The molecule has 6 heteroatoms. The molecule has 0 radical (unpaired) electrons. The first-order chi connectivity index (χ1) is 7.54. The monoisotopic (exact) mass is 254 g/mol. The Hall–Kier alpha value is -1.24. The molecule has 0 saturated carbocycles. The summed E-state index contributed by atoms with van der Waals surface area (Å²) in [5.41, 5.74) is 1.75. The van der Waals surface area contributed by atoms with Crippen molar-refractivity contribution in [1.82, 2.24) is 4.98 Å². The van der Waals surface area contributed by atoms with Crippen LogP contribution in [0.15, 0.2) is 35.7 Å². The second-order valence-corrected chi connectivity index (χ2v) is 5.86. The lowest BCUT2D eigenvalue weighted by Crippen LogP contribution is -2.14. The van der Waals surface area contributed by atoms with Gasteiger partial charge in [-0.3, -0.25) is 0 Å². The molecule has 2 aromatic rings. The van der Waals surface area contributed by atoms with Gasteiger partial charge in [0.1, 0.15) is 10.8 Å². The highest BCUT2D eigenvalue weighted by atomic mass is 32.2. The Balaban J connectivity index is 2.27. The van der Waals surface area contributed by atoms with Gasteiger partial charge in [-0.1, -0.05) is 30.3 Å². The Morgan fingerprint density at radius 1 is 1.25 bits per heavy atom. The smallest absolute Gasteiger partial charge is 0.215 e. The fraction of sp³-hybridized carbons (Fsp3) is 0.100. The van der Waals surface area contributed by atoms with Gasteiger partial charge in [0, 0.05) is 10.9 Å². The van der Waals surface area contributed by atoms with E-state index in [2.05, 4.69) is 4.98 Å². The van der Waals surface area contributed by atoms with Gasteiger partial charge in [-0.25, -0.2) is 18.5 Å². The third-order valence-corrected chi connectivity index (χ3v) is 3.65. The van der Waals surface area contributed by atoms with Gasteiger partial charge < -0.3 is 0 Å². The minimum absolute atomic E-state index is 0.204. The number of aromatic nitrogens is 1. The summed E-state index contributed by atoms with van der Waals surface area (Å²) in [5.74, 6) is -0.204. The zero-order valence-corrected chi connectivity index (χ0v) is 9.96. The van der Waals surface area contributed by atoms with Crippen molar-refractivity contribution in [3.63, 3.8) is 0 Å². The average Bonchev–Trinajstić information content (AvgIpc) is 2.65. The maximum Gasteiger partial charge on any atom is 0.215 e. The first-order valence-electron chi connectivity index (χ1n) is 4.55. The molecule has 4 nitrogen and oxygen atoms in total. The quantitative estimate of drug-likeness (QED) is 0.904. The van der Waals surface area contributed by atoms with Gasteiger partial charge in [-0.2, -0.15) is 0 Å². The maximum atomic E-state index is 10.9. The number of rotatable bonds is 3. The van der Waals surface area contributed by atoms with Gasteiger partial charge in [-0.05, 0) is 0 Å². The number of thiazole rings is 1. The minimum atomic E-state index is -3.50. The molecule has 2 rings (SSSR count). The van der Waals surface area contributed by atoms with Crippen LogP contribution in [-0.4, -0.2) is 13.4 Å². The minimum Gasteiger partial charge on any atom is -0.240 e. The van der Waals surface area contributed by atoms with Crippen LogP contribution in [0.4, 0.5) is 0 Å². The van der Waals surface area contributed by atoms with E-state index in [0.29, 0.717) is 5.01 Å². The van der Waals surface area contributed by atoms with E-state index in [0.717, 1.165) is 11.3 Å². The SMILES string of the molecule is NS(=O)(=O)Cc1nc(-c2ccccc2)cs1. The van der Waals surface area contributed by atoms with Crippen molar-refractivity contribution in [2.45, 2.75) is 5.75 Å². The summed E-state index contributed by atoms with van der Waals surface area (Å²) >= 11 is 1.30. The summed E-state index contributed by atoms with van der Waals surface area (Å²) in [6.45, 7) is 0. The molecule has 0 aliphatic heterocycles. The molecule has 16 heavy (non-hydrogen) atoms. The molecule has 0 aliphatic rings. The topological polar surface area (TPSA) is 73.1 Å². The predicted octanol–water partition coefficient (Wildman–Crippen LogP) is 1.60. The highest BCUT2D eigenvalue weighted by molar-refractivity contribution is 7.88. The lowest BCUT2D eigenvalue weighted by molar-refractivity contribution is 0.597. The van der Waals surface area contributed by atoms with E-state index in [-0.39, 0.29) is 5.75 Å². The van der Waals surface area contributed by atoms with Crippen LogP contribution in [0.3, 0.4) is 0 Å². The molecule has 0 aliphatic carbocycles. The zero-order valence-electron chi connectivity index (χ0n) is 8.33. The molecule has 1 aromatic carbocycles. The van der Waals surface area contributed by atoms with E-state index in [1.807, 2.05) is 35.7 Å². The second kappa shape index (κ2) is 4.32. The Bertz CT molecular complexity index is 576. The van der Waals surface area contributed by atoms with Gasteiger partial charge in [0.25, 0.3) is 0 Å². The van der Waals surface area contributed by atoms with Crippen LogP contribution in [0.2, 0.25) is 0 Å². The van der Waals surface area contributed by atoms with E-state index in [9.17, 15) is 8.42 Å². The van der Waals surface area contributed by atoms with Crippen LogP contribution in [0.5, 0.6) is 0 Å². The molecule has 0 fully saturated rings. The predicted molar refractivity (Wildman–Crippen MR) is 64.4 cm³/mol. The van der Waals surface area contributed by atoms with Crippen molar-refractivity contribution in [3.8, 4) is 11.3 Å². The van der Waals surface area contributed by atoms with Crippen LogP contribution in [0.1, 0.15) is 5.01 Å². The number of hydrogen-bond acceptors (Lipinski definition) is 4. The van der Waals surface area contributed by atoms with E-state index >= 15 is 0 Å². The number of sulfonamides is 1. The fourth-order valence-corrected chi connectivity index (χ4v) is 3.05. The standard InChI is InChI=1S/C10H10N2O2S2/c11-16(13,14)7-10-12-9(6-15-10)8-4-2-1-3-5-8/h1-6H,7H2,(H2,11,13,14). The number of nitrogens with zero attached hydrogens (tertiary/aromatic N) is 1. The summed E-state index contributed by atoms with van der Waals surface area (Å²) in [6, 6.07) is 9.59. The van der Waals surface area contributed by atoms with Gasteiger partial charge in [0.05, 0.1) is 5.69 Å². The Kier molecular flexibility index (Phi) is 3.04. The number of nitrogens with two attached hydrogens (primary N) is 1. The highest BCUT2D eigenvalue weighted by Crippen LogP contribution is 2.22. The molecule has 1 heterocycles. The first kappa shape index (κ1) is 11.3. The van der Waals surface area contributed by atoms with Crippen LogP contribution < -0.4 is 5.14 Å². The van der Waals surface area contributed by atoms with Crippen LogP contribution in [0.25, 0.3) is 11.3 Å². The van der Waals surface area contributed by atoms with E-state index in [1.54, 1.807) is 0 Å². The number of benzene rings is 1. The van der Waals surface area contributed by atoms with Gasteiger partial charge in [-0.15, -0.1) is 11.3 Å². The van der Waals surface area contributed by atoms with Gasteiger partial charge in [0.15, 0.2) is 0 Å². The van der Waals surface area contributed by atoms with Crippen molar-refractivity contribution in [2.75, 3.05) is 0 Å². The Morgan fingerprint density at radius 2 is 1.94 bits per heavy atom. The highest BCUT2D eigenvalue weighted by Gasteiger charge is 2.10. The molecule has 0 bridgehead atoms. The molecule has 0 saturated heterocycles. The summed E-state index contributed by atoms with van der Waals surface area (Å²) in [5, 5.41) is 7.30. The molecule has 0 amide bonds. The number of primary sulfonamides is 1. The molecular formula is C10H10N2O2S2. The van der Waals surface area contributed by atoms with E-state index < -0.39 is 10.0 Å². The van der Waals surface area contributed by atoms with Crippen molar-refractivity contribution in [3.05, 3.63) is 40.7 Å². The molecule has 0 spiro atoms. The lowest BCUT2D eigenvalue weighted by atomic mass is 10.2. The van der Waals surface area contributed by atoms with Gasteiger partial charge >= 0.3 is 0 Å². The summed E-state index contributed by atoms with van der Waals surface area (Å²) < 4.78 is 21.8. The molecule has 1 aromatic heterocycles. The van der Waals surface area contributed by atoms with Crippen LogP contribution >= 0.6 is 11.3 Å². The zero-order chi connectivity index (χ0) is 11.6. The Morgan fingerprint density at radius 3 is 2.56 bits per heavy atom. The lowest BCUT2D eigenvalue weighted by Gasteiger charge is -1.94. The van der Waals surface area contributed by atoms with E-state index in [4.69, 9.17) is 5.14 Å². The van der Waals surface area contributed by atoms with Crippen LogP contribution in [-0.2, 0) is 15.8 Å². The molecular weight excluding hydrogens is 244 g/mol. The number of hydrogen-bond donors (Lipinski definition) is 1. The first-order valence-corrected chi connectivity index (χ1v) is 7.14. The largest absolute Gasteiger partial charge is 0.240 e. The van der Waals surface area contributed by atoms with Crippen molar-refractivity contribution in [2.24, 2.45) is 5.14 Å². The Labute approximate surface area is 97.8 Å². The molecule has 84 valence electrons. The molecule has 0 unspecified atom stereocenters. The fourth-order valence-electron chi connectivity index (χ4n) is 1.29. The maximum absolute atomic E-state index is 10.9. The third-order valence-electron chi connectivity index (χ3n) is 1.95. The normalized spacial score (nSPS) is 11.6. The summed E-state index contributed by atoms with van der Waals surface area (Å²) in [6.07, 6.45) is 0. The summed E-state index contributed by atoms with van der Waals surface area (Å²) in [7, 11) is -3.50. The third kappa shape index (κ3) is 2.88. The van der Waals surface area contributed by atoms with Crippen molar-refractivity contribution < 1.29 is 8.42 Å². The summed E-state index contributed by atoms with van der Waals surface area (Å²) in [4.78, 5) is 4.23. The molecule has 0 atom stereocenters.